The van der Waals surface area contributed by atoms with E-state index in [0.29, 0.717) is 76.2 Å². The Bertz CT molecular complexity index is 2950. The maximum atomic E-state index is 14.6. The number of nitrogens with zero attached hydrogens (tertiary/aromatic N) is 2. The van der Waals surface area contributed by atoms with Crippen LogP contribution in [0.15, 0.2) is 104 Å². The molecule has 6 heteroatoms. The molecule has 0 radical (unpaired) electrons. The first kappa shape index (κ1) is 28.6. The fourth-order valence-corrected chi connectivity index (χ4v) is 7.66. The molecule has 0 atom stereocenters. The summed E-state index contributed by atoms with van der Waals surface area (Å²) in [5, 5.41) is 3.76. The van der Waals surface area contributed by atoms with Crippen molar-refractivity contribution in [2.75, 3.05) is 0 Å². The van der Waals surface area contributed by atoms with E-state index in [4.69, 9.17) is 0 Å². The number of para-hydroxylation sites is 2. The van der Waals surface area contributed by atoms with Crippen LogP contribution in [0, 0.1) is 0 Å². The molecule has 48 heavy (non-hydrogen) atoms. The molecular formula is C42H32N2O4. The van der Waals surface area contributed by atoms with Crippen LogP contribution < -0.4 is 21.7 Å². The Balaban J connectivity index is 1.63. The number of fused-ring (bicyclic) bond motifs is 8. The zero-order chi connectivity index (χ0) is 33.6. The first-order chi connectivity index (χ1) is 22.8. The van der Waals surface area contributed by atoms with Crippen LogP contribution in [-0.2, 0) is 10.8 Å². The van der Waals surface area contributed by atoms with Crippen molar-refractivity contribution in [1.29, 1.82) is 0 Å². The number of pyridine rings is 4. The van der Waals surface area contributed by atoms with Crippen molar-refractivity contribution in [3.8, 4) is 0 Å². The van der Waals surface area contributed by atoms with Crippen molar-refractivity contribution in [3.63, 3.8) is 0 Å². The van der Waals surface area contributed by atoms with E-state index in [2.05, 4.69) is 41.5 Å². The molecule has 0 bridgehead atoms. The zero-order valence-corrected chi connectivity index (χ0v) is 27.6. The highest BCUT2D eigenvalue weighted by molar-refractivity contribution is 6.13. The van der Waals surface area contributed by atoms with Gasteiger partial charge in [0.25, 0.3) is 0 Å². The van der Waals surface area contributed by atoms with Gasteiger partial charge in [0.2, 0.25) is 0 Å². The van der Waals surface area contributed by atoms with Crippen LogP contribution in [0.25, 0.3) is 76.2 Å². The van der Waals surface area contributed by atoms with E-state index in [1.807, 2.05) is 87.7 Å². The summed E-state index contributed by atoms with van der Waals surface area (Å²) >= 11 is 0. The molecule has 234 valence electrons. The highest BCUT2D eigenvalue weighted by Crippen LogP contribution is 2.35. The lowest BCUT2D eigenvalue weighted by Gasteiger charge is -2.23. The van der Waals surface area contributed by atoms with Gasteiger partial charge in [0.05, 0.1) is 33.1 Å². The molecule has 0 saturated carbocycles. The molecule has 0 saturated heterocycles. The Morgan fingerprint density at radius 3 is 1.06 bits per heavy atom. The van der Waals surface area contributed by atoms with E-state index in [1.165, 1.54) is 0 Å². The molecule has 4 heterocycles. The van der Waals surface area contributed by atoms with Gasteiger partial charge in [-0.05, 0) is 82.6 Å². The lowest BCUT2D eigenvalue weighted by Crippen LogP contribution is -2.19. The second-order valence-electron chi connectivity index (χ2n) is 15.2. The third-order valence-corrected chi connectivity index (χ3v) is 10.2. The average molecular weight is 629 g/mol. The van der Waals surface area contributed by atoms with Crippen molar-refractivity contribution in [3.05, 3.63) is 137 Å². The Morgan fingerprint density at radius 1 is 0.375 bits per heavy atom. The summed E-state index contributed by atoms with van der Waals surface area (Å²) in [6.45, 7) is 12.4. The van der Waals surface area contributed by atoms with E-state index < -0.39 is 0 Å². The Morgan fingerprint density at radius 2 is 0.708 bits per heavy atom. The van der Waals surface area contributed by atoms with Gasteiger partial charge in [-0.15, -0.1) is 0 Å². The summed E-state index contributed by atoms with van der Waals surface area (Å²) in [4.78, 5) is 57.3. The van der Waals surface area contributed by atoms with Crippen molar-refractivity contribution in [1.82, 2.24) is 8.80 Å². The average Bonchev–Trinajstić information content (AvgIpc) is 3.06. The van der Waals surface area contributed by atoms with E-state index in [0.717, 1.165) is 11.1 Å². The van der Waals surface area contributed by atoms with Gasteiger partial charge in [-0.1, -0.05) is 65.8 Å². The quantitative estimate of drug-likeness (QED) is 0.126. The number of aromatic nitrogens is 2. The van der Waals surface area contributed by atoms with Crippen LogP contribution in [0.1, 0.15) is 52.7 Å². The van der Waals surface area contributed by atoms with Gasteiger partial charge in [-0.3, -0.25) is 19.2 Å². The highest BCUT2D eigenvalue weighted by atomic mass is 16.1. The van der Waals surface area contributed by atoms with Gasteiger partial charge in [0, 0.05) is 43.1 Å². The third kappa shape index (κ3) is 3.57. The second kappa shape index (κ2) is 9.04. The molecule has 0 spiro atoms. The lowest BCUT2D eigenvalue weighted by atomic mass is 9.84. The van der Waals surface area contributed by atoms with Gasteiger partial charge in [-0.2, -0.15) is 0 Å². The fraction of sp³-hybridized carbons (Fsp3) is 0.190. The van der Waals surface area contributed by atoms with Crippen LogP contribution in [0.5, 0.6) is 0 Å². The van der Waals surface area contributed by atoms with Gasteiger partial charge in [0.1, 0.15) is 0 Å². The summed E-state index contributed by atoms with van der Waals surface area (Å²) in [5.74, 6) is 0. The third-order valence-electron chi connectivity index (χ3n) is 10.2. The predicted molar refractivity (Wildman–Crippen MR) is 198 cm³/mol. The number of hydrogen-bond donors (Lipinski definition) is 0. The monoisotopic (exact) mass is 628 g/mol. The van der Waals surface area contributed by atoms with Crippen molar-refractivity contribution >= 4 is 76.2 Å². The summed E-state index contributed by atoms with van der Waals surface area (Å²) in [6, 6.07) is 26.2. The molecule has 0 aliphatic carbocycles. The minimum atomic E-state index is -0.314. The zero-order valence-electron chi connectivity index (χ0n) is 27.6. The summed E-state index contributed by atoms with van der Waals surface area (Å²) in [5.41, 5.74) is 4.14. The molecule has 0 aliphatic rings. The molecule has 0 unspecified atom stereocenters. The predicted octanol–water partition coefficient (Wildman–Crippen LogP) is 8.02. The first-order valence-electron chi connectivity index (χ1n) is 16.3. The van der Waals surface area contributed by atoms with Gasteiger partial charge >= 0.3 is 0 Å². The second-order valence-corrected chi connectivity index (χ2v) is 15.2. The number of rotatable bonds is 0. The Hall–Kier alpha value is -5.62. The van der Waals surface area contributed by atoms with Crippen molar-refractivity contribution in [2.45, 2.75) is 52.4 Å². The molecule has 4 aromatic heterocycles. The molecule has 0 fully saturated rings. The largest absolute Gasteiger partial charge is 0.307 e. The fourth-order valence-electron chi connectivity index (χ4n) is 7.66. The highest BCUT2D eigenvalue weighted by Gasteiger charge is 2.25. The van der Waals surface area contributed by atoms with Crippen LogP contribution in [-0.4, -0.2) is 8.80 Å². The first-order valence-corrected chi connectivity index (χ1v) is 16.3. The summed E-state index contributed by atoms with van der Waals surface area (Å²) in [6.07, 6.45) is 0. The molecule has 5 aromatic carbocycles. The summed E-state index contributed by atoms with van der Waals surface area (Å²) < 4.78 is 4.02. The lowest BCUT2D eigenvalue weighted by molar-refractivity contribution is 0.591. The van der Waals surface area contributed by atoms with Crippen LogP contribution in [0.2, 0.25) is 0 Å². The minimum absolute atomic E-state index is 0.120. The molecule has 0 amide bonds. The molecule has 0 aliphatic heterocycles. The van der Waals surface area contributed by atoms with Crippen LogP contribution >= 0.6 is 0 Å². The van der Waals surface area contributed by atoms with E-state index >= 15 is 0 Å². The standard InChI is InChI=1S/C42H32N2O4/c1-41(2,3)21-15-27-35-29(17-21)39(47)25-19-26-34(20-33(25)43(35)31-13-9-7-11-23(31)37(27)45)44-32-14-10-8-12-24(32)38(46)28-16-22(42(4,5)6)18-30(36(28)44)40(26)48/h7-20H,1-6H3. The normalized spacial score (nSPS) is 13.1. The topological polar surface area (TPSA) is 77.1 Å². The smallest absolute Gasteiger partial charge is 0.197 e. The number of hydrogen-bond acceptors (Lipinski definition) is 4. The van der Waals surface area contributed by atoms with E-state index in [1.54, 1.807) is 6.07 Å². The maximum Gasteiger partial charge on any atom is 0.197 e. The number of benzene rings is 5. The molecule has 9 rings (SSSR count). The molecule has 0 N–H and O–H groups in total. The van der Waals surface area contributed by atoms with Crippen LogP contribution in [0.4, 0.5) is 0 Å². The molecular weight excluding hydrogens is 596 g/mol. The van der Waals surface area contributed by atoms with Gasteiger partial charge in [0.15, 0.2) is 21.7 Å². The van der Waals surface area contributed by atoms with E-state index in [-0.39, 0.29) is 32.5 Å². The van der Waals surface area contributed by atoms with Gasteiger partial charge in [-0.25, -0.2) is 0 Å². The van der Waals surface area contributed by atoms with E-state index in [9.17, 15) is 19.2 Å². The van der Waals surface area contributed by atoms with Gasteiger partial charge < -0.3 is 8.80 Å². The van der Waals surface area contributed by atoms with Crippen LogP contribution in [0.3, 0.4) is 0 Å². The van der Waals surface area contributed by atoms with Crippen molar-refractivity contribution < 1.29 is 0 Å². The maximum absolute atomic E-state index is 14.6. The minimum Gasteiger partial charge on any atom is -0.307 e. The Kier molecular flexibility index (Phi) is 5.39. The molecule has 6 nitrogen and oxygen atoms in total. The Labute approximate surface area is 273 Å². The SMILES string of the molecule is CC(C)(C)c1cc2c(=O)c3ccccc3n3c4cc5c(cc4c(=O)c(c1)c23)c(=O)c1cc(C(C)(C)C)cc2c(=O)c3ccccc3n5c21. The molecule has 9 aromatic rings. The summed E-state index contributed by atoms with van der Waals surface area (Å²) in [7, 11) is 0. The van der Waals surface area contributed by atoms with Crippen molar-refractivity contribution in [2.24, 2.45) is 0 Å².